The van der Waals surface area contributed by atoms with Crippen molar-refractivity contribution in [1.29, 1.82) is 0 Å². The van der Waals surface area contributed by atoms with Gasteiger partial charge in [0.25, 0.3) is 0 Å². The molecule has 0 saturated carbocycles. The van der Waals surface area contributed by atoms with E-state index in [0.717, 1.165) is 25.2 Å². The van der Waals surface area contributed by atoms with E-state index in [1.807, 2.05) is 0 Å². The Labute approximate surface area is 88.8 Å². The molecule has 2 unspecified atom stereocenters. The summed E-state index contributed by atoms with van der Waals surface area (Å²) in [5.41, 5.74) is 6.05. The van der Waals surface area contributed by atoms with Gasteiger partial charge >= 0.3 is 0 Å². The lowest BCUT2D eigenvalue weighted by Crippen LogP contribution is -2.49. The SMILES string of the molecule is CC1CCCC(C)N1CC(C)(C)CN. The maximum absolute atomic E-state index is 5.79. The average molecular weight is 198 g/mol. The molecule has 1 aliphatic heterocycles. The first-order chi connectivity index (χ1) is 6.46. The largest absolute Gasteiger partial charge is 0.330 e. The topological polar surface area (TPSA) is 29.3 Å². The standard InChI is InChI=1S/C12H26N2/c1-10-6-5-7-11(2)14(10)9-12(3,4)8-13/h10-11H,5-9,13H2,1-4H3. The van der Waals surface area contributed by atoms with Gasteiger partial charge in [0.15, 0.2) is 0 Å². The molecule has 0 spiro atoms. The van der Waals surface area contributed by atoms with Crippen LogP contribution in [-0.2, 0) is 0 Å². The maximum Gasteiger partial charge on any atom is 0.00699 e. The highest BCUT2D eigenvalue weighted by Gasteiger charge is 2.29. The summed E-state index contributed by atoms with van der Waals surface area (Å²) >= 11 is 0. The Morgan fingerprint density at radius 2 is 1.71 bits per heavy atom. The van der Waals surface area contributed by atoms with Gasteiger partial charge in [-0.2, -0.15) is 0 Å². The zero-order valence-corrected chi connectivity index (χ0v) is 10.2. The zero-order valence-electron chi connectivity index (χ0n) is 10.2. The van der Waals surface area contributed by atoms with Crippen LogP contribution in [0.2, 0.25) is 0 Å². The van der Waals surface area contributed by atoms with E-state index in [1.165, 1.54) is 19.3 Å². The van der Waals surface area contributed by atoms with Crippen molar-refractivity contribution in [3.8, 4) is 0 Å². The van der Waals surface area contributed by atoms with Gasteiger partial charge in [-0.05, 0) is 38.6 Å². The van der Waals surface area contributed by atoms with Crippen molar-refractivity contribution in [3.63, 3.8) is 0 Å². The second kappa shape index (κ2) is 4.63. The summed E-state index contributed by atoms with van der Waals surface area (Å²) in [6, 6.07) is 1.48. The second-order valence-electron chi connectivity index (χ2n) is 5.67. The summed E-state index contributed by atoms with van der Waals surface area (Å²) in [7, 11) is 0. The quantitative estimate of drug-likeness (QED) is 0.753. The summed E-state index contributed by atoms with van der Waals surface area (Å²) in [6.07, 6.45) is 4.10. The molecule has 1 fully saturated rings. The van der Waals surface area contributed by atoms with Crippen LogP contribution in [0.3, 0.4) is 0 Å². The molecular formula is C12H26N2. The van der Waals surface area contributed by atoms with Gasteiger partial charge in [0.2, 0.25) is 0 Å². The van der Waals surface area contributed by atoms with Gasteiger partial charge in [0, 0.05) is 18.6 Å². The van der Waals surface area contributed by atoms with Crippen LogP contribution in [-0.4, -0.2) is 30.1 Å². The van der Waals surface area contributed by atoms with Gasteiger partial charge in [-0.15, -0.1) is 0 Å². The van der Waals surface area contributed by atoms with Gasteiger partial charge in [0.1, 0.15) is 0 Å². The van der Waals surface area contributed by atoms with Crippen LogP contribution in [0, 0.1) is 5.41 Å². The fraction of sp³-hybridized carbons (Fsp3) is 1.00. The Morgan fingerprint density at radius 1 is 1.21 bits per heavy atom. The Kier molecular flexibility index (Phi) is 3.96. The lowest BCUT2D eigenvalue weighted by molar-refractivity contribution is 0.0631. The van der Waals surface area contributed by atoms with E-state index in [2.05, 4.69) is 32.6 Å². The molecule has 84 valence electrons. The van der Waals surface area contributed by atoms with E-state index in [1.54, 1.807) is 0 Å². The van der Waals surface area contributed by atoms with Crippen molar-refractivity contribution in [2.24, 2.45) is 11.1 Å². The van der Waals surface area contributed by atoms with Gasteiger partial charge in [-0.25, -0.2) is 0 Å². The van der Waals surface area contributed by atoms with Crippen LogP contribution in [0.25, 0.3) is 0 Å². The van der Waals surface area contributed by atoms with E-state index in [-0.39, 0.29) is 5.41 Å². The Bertz CT molecular complexity index is 167. The number of likely N-dealkylation sites (tertiary alicyclic amines) is 1. The fourth-order valence-corrected chi connectivity index (χ4v) is 2.35. The smallest absolute Gasteiger partial charge is 0.00699 e. The molecule has 0 amide bonds. The van der Waals surface area contributed by atoms with E-state index in [4.69, 9.17) is 5.73 Å². The first kappa shape index (κ1) is 12.0. The summed E-state index contributed by atoms with van der Waals surface area (Å²) in [5.74, 6) is 0. The molecule has 0 aromatic carbocycles. The van der Waals surface area contributed by atoms with Crippen LogP contribution in [0.5, 0.6) is 0 Å². The second-order valence-corrected chi connectivity index (χ2v) is 5.67. The third kappa shape index (κ3) is 2.96. The van der Waals surface area contributed by atoms with E-state index < -0.39 is 0 Å². The highest BCUT2D eigenvalue weighted by atomic mass is 15.2. The number of piperidine rings is 1. The number of hydrogen-bond donors (Lipinski definition) is 1. The molecule has 2 nitrogen and oxygen atoms in total. The molecule has 0 aliphatic carbocycles. The van der Waals surface area contributed by atoms with Gasteiger partial charge in [0.05, 0.1) is 0 Å². The van der Waals surface area contributed by atoms with Crippen LogP contribution in [0.15, 0.2) is 0 Å². The first-order valence-corrected chi connectivity index (χ1v) is 5.92. The normalized spacial score (nSPS) is 30.6. The minimum atomic E-state index is 0.264. The fourth-order valence-electron chi connectivity index (χ4n) is 2.35. The summed E-state index contributed by atoms with van der Waals surface area (Å²) in [6.45, 7) is 11.2. The van der Waals surface area contributed by atoms with Crippen molar-refractivity contribution in [2.75, 3.05) is 13.1 Å². The lowest BCUT2D eigenvalue weighted by atomic mass is 9.89. The third-order valence-corrected chi connectivity index (χ3v) is 3.54. The zero-order chi connectivity index (χ0) is 10.8. The van der Waals surface area contributed by atoms with E-state index >= 15 is 0 Å². The molecule has 2 heteroatoms. The van der Waals surface area contributed by atoms with Crippen LogP contribution in [0.4, 0.5) is 0 Å². The summed E-state index contributed by atoms with van der Waals surface area (Å²) < 4.78 is 0. The average Bonchev–Trinajstić information content (AvgIpc) is 2.12. The Balaban J connectivity index is 2.56. The molecule has 0 bridgehead atoms. The minimum absolute atomic E-state index is 0.264. The van der Waals surface area contributed by atoms with Crippen LogP contribution in [0.1, 0.15) is 47.0 Å². The monoisotopic (exact) mass is 198 g/mol. The number of hydrogen-bond acceptors (Lipinski definition) is 2. The third-order valence-electron chi connectivity index (χ3n) is 3.54. The van der Waals surface area contributed by atoms with Gasteiger partial charge in [-0.3, -0.25) is 4.90 Å². The molecule has 0 aromatic rings. The molecule has 1 saturated heterocycles. The van der Waals surface area contributed by atoms with Crippen molar-refractivity contribution in [1.82, 2.24) is 4.90 Å². The molecule has 1 rings (SSSR count). The van der Waals surface area contributed by atoms with Crippen molar-refractivity contribution in [2.45, 2.75) is 59.0 Å². The predicted molar refractivity (Wildman–Crippen MR) is 62.3 cm³/mol. The van der Waals surface area contributed by atoms with E-state index in [9.17, 15) is 0 Å². The highest BCUT2D eigenvalue weighted by Crippen LogP contribution is 2.26. The number of nitrogens with two attached hydrogens (primary N) is 1. The molecular weight excluding hydrogens is 172 g/mol. The Morgan fingerprint density at radius 3 is 2.14 bits per heavy atom. The number of rotatable bonds is 3. The van der Waals surface area contributed by atoms with Crippen LogP contribution >= 0.6 is 0 Å². The van der Waals surface area contributed by atoms with Crippen LogP contribution < -0.4 is 5.73 Å². The predicted octanol–water partition coefficient (Wildman–Crippen LogP) is 2.23. The van der Waals surface area contributed by atoms with Crippen molar-refractivity contribution in [3.05, 3.63) is 0 Å². The van der Waals surface area contributed by atoms with Crippen molar-refractivity contribution < 1.29 is 0 Å². The first-order valence-electron chi connectivity index (χ1n) is 5.92. The van der Waals surface area contributed by atoms with Gasteiger partial charge in [-0.1, -0.05) is 20.3 Å². The molecule has 2 N–H and O–H groups in total. The molecule has 0 radical (unpaired) electrons. The molecule has 2 atom stereocenters. The molecule has 1 aliphatic rings. The number of nitrogens with zero attached hydrogens (tertiary/aromatic N) is 1. The maximum atomic E-state index is 5.79. The van der Waals surface area contributed by atoms with Gasteiger partial charge < -0.3 is 5.73 Å². The lowest BCUT2D eigenvalue weighted by Gasteiger charge is -2.43. The molecule has 14 heavy (non-hydrogen) atoms. The molecule has 0 aromatic heterocycles. The molecule has 1 heterocycles. The van der Waals surface area contributed by atoms with E-state index in [0.29, 0.717) is 0 Å². The summed E-state index contributed by atoms with van der Waals surface area (Å²) in [4.78, 5) is 2.64. The van der Waals surface area contributed by atoms with Crippen molar-refractivity contribution >= 4 is 0 Å². The Hall–Kier alpha value is -0.0800. The minimum Gasteiger partial charge on any atom is -0.330 e. The highest BCUT2D eigenvalue weighted by molar-refractivity contribution is 4.84. The summed E-state index contributed by atoms with van der Waals surface area (Å²) in [5, 5.41) is 0.